The molecule has 0 atom stereocenters. The fourth-order valence-electron chi connectivity index (χ4n) is 1.66. The zero-order chi connectivity index (χ0) is 11.5. The maximum atomic E-state index is 3.37. The van der Waals surface area contributed by atoms with Crippen LogP contribution in [-0.4, -0.2) is 17.6 Å². The Kier molecular flexibility index (Phi) is 3.15. The number of hydrazine groups is 2. The van der Waals surface area contributed by atoms with Gasteiger partial charge < -0.3 is 0 Å². The van der Waals surface area contributed by atoms with Crippen LogP contribution in [0.1, 0.15) is 19.4 Å². The molecule has 0 amide bonds. The van der Waals surface area contributed by atoms with E-state index in [4.69, 9.17) is 0 Å². The van der Waals surface area contributed by atoms with Crippen LogP contribution >= 0.6 is 0 Å². The summed E-state index contributed by atoms with van der Waals surface area (Å²) in [7, 11) is 0. The highest BCUT2D eigenvalue weighted by molar-refractivity contribution is 5.47. The van der Waals surface area contributed by atoms with Crippen LogP contribution in [0.15, 0.2) is 36.5 Å². The molecule has 0 aliphatic carbocycles. The largest absolute Gasteiger partial charge is 0.296 e. The van der Waals surface area contributed by atoms with Crippen LogP contribution in [0.25, 0.3) is 0 Å². The van der Waals surface area contributed by atoms with Crippen LogP contribution in [0.5, 0.6) is 0 Å². The molecule has 0 saturated carbocycles. The lowest BCUT2D eigenvalue weighted by atomic mass is 10.2. The van der Waals surface area contributed by atoms with E-state index in [0.717, 1.165) is 6.54 Å². The third kappa shape index (κ3) is 2.36. The molecule has 1 heterocycles. The Hall–Kier alpha value is -1.48. The van der Waals surface area contributed by atoms with Crippen molar-refractivity contribution in [1.29, 1.82) is 0 Å². The number of benzene rings is 1. The first-order valence-corrected chi connectivity index (χ1v) is 5.72. The summed E-state index contributed by atoms with van der Waals surface area (Å²) in [5.74, 6) is 0. The number of anilines is 1. The molecule has 3 heteroatoms. The van der Waals surface area contributed by atoms with E-state index >= 15 is 0 Å². The first-order valence-electron chi connectivity index (χ1n) is 5.72. The van der Waals surface area contributed by atoms with Gasteiger partial charge in [-0.1, -0.05) is 17.7 Å². The molecular weight excluding hydrogens is 198 g/mol. The van der Waals surface area contributed by atoms with Crippen molar-refractivity contribution in [3.05, 3.63) is 42.1 Å². The number of nitrogens with zero attached hydrogens (tertiary/aromatic N) is 2. The minimum Gasteiger partial charge on any atom is -0.296 e. The maximum Gasteiger partial charge on any atom is 0.0560 e. The molecule has 0 bridgehead atoms. The van der Waals surface area contributed by atoms with E-state index in [2.05, 4.69) is 72.9 Å². The first-order chi connectivity index (χ1) is 7.66. The van der Waals surface area contributed by atoms with Gasteiger partial charge in [0.05, 0.1) is 12.2 Å². The fourth-order valence-corrected chi connectivity index (χ4v) is 1.66. The molecule has 1 N–H and O–H groups in total. The van der Waals surface area contributed by atoms with Gasteiger partial charge in [-0.25, -0.2) is 0 Å². The number of nitrogens with one attached hydrogen (secondary N) is 1. The molecule has 3 nitrogen and oxygen atoms in total. The lowest BCUT2D eigenvalue weighted by Crippen LogP contribution is -2.52. The predicted octanol–water partition coefficient (Wildman–Crippen LogP) is 2.46. The highest BCUT2D eigenvalue weighted by Gasteiger charge is 2.13. The zero-order valence-corrected chi connectivity index (χ0v) is 10.1. The average Bonchev–Trinajstić information content (AvgIpc) is 2.30. The van der Waals surface area contributed by atoms with Crippen molar-refractivity contribution in [2.45, 2.75) is 26.8 Å². The molecule has 16 heavy (non-hydrogen) atoms. The summed E-state index contributed by atoms with van der Waals surface area (Å²) < 4.78 is 0. The van der Waals surface area contributed by atoms with E-state index < -0.39 is 0 Å². The highest BCUT2D eigenvalue weighted by atomic mass is 15.8. The number of rotatable bonds is 2. The summed E-state index contributed by atoms with van der Waals surface area (Å²) >= 11 is 0. The van der Waals surface area contributed by atoms with Crippen LogP contribution in [-0.2, 0) is 0 Å². The normalized spacial score (nSPS) is 16.0. The molecule has 86 valence electrons. The second kappa shape index (κ2) is 4.58. The van der Waals surface area contributed by atoms with Gasteiger partial charge in [-0.15, -0.1) is 5.53 Å². The Labute approximate surface area is 97.3 Å². The van der Waals surface area contributed by atoms with Crippen LogP contribution in [0, 0.1) is 6.92 Å². The van der Waals surface area contributed by atoms with Gasteiger partial charge in [-0.2, -0.15) is 0 Å². The second-order valence-electron chi connectivity index (χ2n) is 4.43. The summed E-state index contributed by atoms with van der Waals surface area (Å²) in [4.78, 5) is 0. The molecule has 0 fully saturated rings. The quantitative estimate of drug-likeness (QED) is 0.821. The Morgan fingerprint density at radius 1 is 1.19 bits per heavy atom. The third-order valence-corrected chi connectivity index (χ3v) is 2.69. The van der Waals surface area contributed by atoms with E-state index in [-0.39, 0.29) is 0 Å². The predicted molar refractivity (Wildman–Crippen MR) is 67.8 cm³/mol. The number of hydrogen-bond acceptors (Lipinski definition) is 3. The first kappa shape index (κ1) is 11.0. The van der Waals surface area contributed by atoms with Gasteiger partial charge in [-0.3, -0.25) is 10.0 Å². The van der Waals surface area contributed by atoms with Crippen molar-refractivity contribution < 1.29 is 0 Å². The molecule has 0 spiro atoms. The summed E-state index contributed by atoms with van der Waals surface area (Å²) in [6.45, 7) is 7.33. The standard InChI is InChI=1S/C13H19N3/c1-11(2)15-9-4-10-16(14-15)13-7-5-12(3)6-8-13/h4-9,11,14H,10H2,1-3H3. The highest BCUT2D eigenvalue weighted by Crippen LogP contribution is 2.15. The lowest BCUT2D eigenvalue weighted by molar-refractivity contribution is 0.202. The number of aryl methyl sites for hydroxylation is 1. The summed E-state index contributed by atoms with van der Waals surface area (Å²) in [5, 5.41) is 4.24. The van der Waals surface area contributed by atoms with Crippen molar-refractivity contribution in [2.24, 2.45) is 0 Å². The van der Waals surface area contributed by atoms with Crippen LogP contribution in [0.4, 0.5) is 5.69 Å². The lowest BCUT2D eigenvalue weighted by Gasteiger charge is -2.37. The van der Waals surface area contributed by atoms with E-state index in [1.165, 1.54) is 11.3 Å². The van der Waals surface area contributed by atoms with Crippen molar-refractivity contribution in [3.8, 4) is 0 Å². The van der Waals surface area contributed by atoms with E-state index in [9.17, 15) is 0 Å². The summed E-state index contributed by atoms with van der Waals surface area (Å²) in [6.07, 6.45) is 4.26. The molecule has 0 unspecified atom stereocenters. The van der Waals surface area contributed by atoms with Crippen LogP contribution < -0.4 is 10.5 Å². The fraction of sp³-hybridized carbons (Fsp3) is 0.385. The topological polar surface area (TPSA) is 18.5 Å². The van der Waals surface area contributed by atoms with Crippen LogP contribution in [0.2, 0.25) is 0 Å². The molecular formula is C13H19N3. The van der Waals surface area contributed by atoms with Crippen molar-refractivity contribution >= 4 is 5.69 Å². The summed E-state index contributed by atoms with van der Waals surface area (Å²) in [5.41, 5.74) is 5.85. The molecule has 2 rings (SSSR count). The Morgan fingerprint density at radius 2 is 1.88 bits per heavy atom. The molecule has 0 aromatic heterocycles. The SMILES string of the molecule is Cc1ccc(N2CC=CN(C(C)C)N2)cc1. The summed E-state index contributed by atoms with van der Waals surface area (Å²) in [6, 6.07) is 8.99. The van der Waals surface area contributed by atoms with Crippen molar-refractivity contribution in [1.82, 2.24) is 10.5 Å². The molecule has 1 aromatic rings. The minimum atomic E-state index is 0.449. The van der Waals surface area contributed by atoms with Gasteiger partial charge in [0.25, 0.3) is 0 Å². The number of hydrogen-bond donors (Lipinski definition) is 1. The minimum absolute atomic E-state index is 0.449. The molecule has 1 aromatic carbocycles. The second-order valence-corrected chi connectivity index (χ2v) is 4.43. The van der Waals surface area contributed by atoms with E-state index in [1.54, 1.807) is 0 Å². The Bertz CT molecular complexity index is 367. The molecule has 1 aliphatic rings. The third-order valence-electron chi connectivity index (χ3n) is 2.69. The van der Waals surface area contributed by atoms with Gasteiger partial charge in [0.1, 0.15) is 0 Å². The van der Waals surface area contributed by atoms with Gasteiger partial charge in [0, 0.05) is 12.2 Å². The van der Waals surface area contributed by atoms with Crippen LogP contribution in [0.3, 0.4) is 0 Å². The smallest absolute Gasteiger partial charge is 0.0560 e. The van der Waals surface area contributed by atoms with Gasteiger partial charge in [-0.05, 0) is 39.0 Å². The van der Waals surface area contributed by atoms with E-state index in [0.29, 0.717) is 6.04 Å². The molecule has 1 aliphatic heterocycles. The maximum absolute atomic E-state index is 3.37. The van der Waals surface area contributed by atoms with E-state index in [1.807, 2.05) is 0 Å². The molecule has 0 radical (unpaired) electrons. The Morgan fingerprint density at radius 3 is 2.50 bits per heavy atom. The monoisotopic (exact) mass is 217 g/mol. The zero-order valence-electron chi connectivity index (χ0n) is 10.1. The van der Waals surface area contributed by atoms with Crippen molar-refractivity contribution in [3.63, 3.8) is 0 Å². The average molecular weight is 217 g/mol. The van der Waals surface area contributed by atoms with Gasteiger partial charge in [0.15, 0.2) is 0 Å². The van der Waals surface area contributed by atoms with Crippen molar-refractivity contribution in [2.75, 3.05) is 11.6 Å². The van der Waals surface area contributed by atoms with Gasteiger partial charge >= 0.3 is 0 Å². The molecule has 0 saturated heterocycles. The Balaban J connectivity index is 2.11. The van der Waals surface area contributed by atoms with Gasteiger partial charge in [0.2, 0.25) is 0 Å².